The number of carbonyl (C=O) groups excluding carboxylic acids is 2. The van der Waals surface area contributed by atoms with Crippen LogP contribution >= 0.6 is 12.4 Å². The molecule has 1 amide bonds. The predicted molar refractivity (Wildman–Crippen MR) is 88.0 cm³/mol. The molecule has 1 aromatic carbocycles. The molecule has 1 aromatic rings. The third kappa shape index (κ3) is 5.00. The van der Waals surface area contributed by atoms with Crippen molar-refractivity contribution in [3.63, 3.8) is 0 Å². The van der Waals surface area contributed by atoms with E-state index in [2.05, 4.69) is 10.6 Å². The summed E-state index contributed by atoms with van der Waals surface area (Å²) in [5.41, 5.74) is 1.34. The van der Waals surface area contributed by atoms with Crippen LogP contribution in [0.1, 0.15) is 35.7 Å². The summed E-state index contributed by atoms with van der Waals surface area (Å²) in [6.45, 7) is 3.39. The van der Waals surface area contributed by atoms with Crippen molar-refractivity contribution in [2.45, 2.75) is 32.2 Å². The Morgan fingerprint density at radius 1 is 1.32 bits per heavy atom. The third-order valence-electron chi connectivity index (χ3n) is 3.74. The van der Waals surface area contributed by atoms with Gasteiger partial charge in [0.1, 0.15) is 5.75 Å². The van der Waals surface area contributed by atoms with Gasteiger partial charge in [0.15, 0.2) is 5.78 Å². The molecule has 22 heavy (non-hydrogen) atoms. The fourth-order valence-electron chi connectivity index (χ4n) is 2.55. The van der Waals surface area contributed by atoms with Crippen molar-refractivity contribution in [2.75, 3.05) is 20.2 Å². The topological polar surface area (TPSA) is 67.4 Å². The summed E-state index contributed by atoms with van der Waals surface area (Å²) in [5, 5.41) is 6.31. The number of carbonyl (C=O) groups is 2. The molecule has 0 saturated carbocycles. The molecule has 2 N–H and O–H groups in total. The van der Waals surface area contributed by atoms with E-state index in [9.17, 15) is 9.59 Å². The number of nitrogens with one attached hydrogen (secondary N) is 2. The van der Waals surface area contributed by atoms with Crippen molar-refractivity contribution in [3.05, 3.63) is 29.3 Å². The SMILES string of the molecule is COc1ccc(C(C)=O)cc1CC(=O)NC1CCNCC1.Cl. The van der Waals surface area contributed by atoms with Gasteiger partial charge in [-0.25, -0.2) is 0 Å². The molecule has 6 heteroatoms. The highest BCUT2D eigenvalue weighted by atomic mass is 35.5. The van der Waals surface area contributed by atoms with E-state index in [1.165, 1.54) is 6.92 Å². The smallest absolute Gasteiger partial charge is 0.224 e. The Morgan fingerprint density at radius 3 is 2.59 bits per heavy atom. The number of ketones is 1. The number of ether oxygens (including phenoxy) is 1. The first-order valence-corrected chi connectivity index (χ1v) is 7.28. The average molecular weight is 327 g/mol. The zero-order chi connectivity index (χ0) is 15.2. The third-order valence-corrected chi connectivity index (χ3v) is 3.74. The molecule has 2 rings (SSSR count). The summed E-state index contributed by atoms with van der Waals surface area (Å²) in [4.78, 5) is 23.6. The van der Waals surface area contributed by atoms with Crippen LogP contribution in [0.5, 0.6) is 5.75 Å². The number of halogens is 1. The Hall–Kier alpha value is -1.59. The lowest BCUT2D eigenvalue weighted by Crippen LogP contribution is -2.43. The van der Waals surface area contributed by atoms with Gasteiger partial charge >= 0.3 is 0 Å². The van der Waals surface area contributed by atoms with Crippen LogP contribution in [0.2, 0.25) is 0 Å². The van der Waals surface area contributed by atoms with Crippen molar-refractivity contribution in [2.24, 2.45) is 0 Å². The molecule has 0 aromatic heterocycles. The normalized spacial score (nSPS) is 14.8. The Morgan fingerprint density at radius 2 is 2.00 bits per heavy atom. The van der Waals surface area contributed by atoms with E-state index in [1.54, 1.807) is 25.3 Å². The highest BCUT2D eigenvalue weighted by Crippen LogP contribution is 2.21. The number of hydrogen-bond acceptors (Lipinski definition) is 4. The lowest BCUT2D eigenvalue weighted by atomic mass is 10.0. The van der Waals surface area contributed by atoms with E-state index in [4.69, 9.17) is 4.74 Å². The number of rotatable bonds is 5. The molecule has 0 atom stereocenters. The van der Waals surface area contributed by atoms with Crippen LogP contribution in [0.4, 0.5) is 0 Å². The zero-order valence-electron chi connectivity index (χ0n) is 13.0. The second-order valence-electron chi connectivity index (χ2n) is 5.35. The molecule has 0 aliphatic carbocycles. The monoisotopic (exact) mass is 326 g/mol. The van der Waals surface area contributed by atoms with E-state index in [0.29, 0.717) is 11.3 Å². The average Bonchev–Trinajstić information content (AvgIpc) is 2.48. The minimum absolute atomic E-state index is 0. The van der Waals surface area contributed by atoms with Gasteiger partial charge in [-0.15, -0.1) is 12.4 Å². The van der Waals surface area contributed by atoms with E-state index >= 15 is 0 Å². The molecule has 0 radical (unpaired) electrons. The van der Waals surface area contributed by atoms with Gasteiger partial charge in [0.05, 0.1) is 13.5 Å². The van der Waals surface area contributed by atoms with Crippen LogP contribution in [0.25, 0.3) is 0 Å². The second-order valence-corrected chi connectivity index (χ2v) is 5.35. The van der Waals surface area contributed by atoms with Crippen LogP contribution in [-0.4, -0.2) is 37.9 Å². The maximum absolute atomic E-state index is 12.2. The van der Waals surface area contributed by atoms with Gasteiger partial charge in [0.2, 0.25) is 5.91 Å². The molecular weight excluding hydrogens is 304 g/mol. The number of hydrogen-bond donors (Lipinski definition) is 2. The van der Waals surface area contributed by atoms with Crippen molar-refractivity contribution in [1.82, 2.24) is 10.6 Å². The van der Waals surface area contributed by atoms with E-state index < -0.39 is 0 Å². The van der Waals surface area contributed by atoms with Crippen LogP contribution in [-0.2, 0) is 11.2 Å². The van der Waals surface area contributed by atoms with E-state index in [-0.39, 0.29) is 36.6 Å². The van der Waals surface area contributed by atoms with Crippen LogP contribution in [0.3, 0.4) is 0 Å². The molecule has 0 bridgehead atoms. The molecule has 0 spiro atoms. The number of benzene rings is 1. The maximum atomic E-state index is 12.2. The van der Waals surface area contributed by atoms with Crippen molar-refractivity contribution in [3.8, 4) is 5.75 Å². The van der Waals surface area contributed by atoms with Gasteiger partial charge in [-0.05, 0) is 51.1 Å². The van der Waals surface area contributed by atoms with Crippen LogP contribution in [0.15, 0.2) is 18.2 Å². The quantitative estimate of drug-likeness (QED) is 0.809. The summed E-state index contributed by atoms with van der Waals surface area (Å²) in [6.07, 6.45) is 2.14. The fourth-order valence-corrected chi connectivity index (χ4v) is 2.55. The standard InChI is InChI=1S/C16H22N2O3.ClH/c1-11(19)12-3-4-15(21-2)13(9-12)10-16(20)18-14-5-7-17-8-6-14;/h3-4,9,14,17H,5-8,10H2,1-2H3,(H,18,20);1H. The Balaban J connectivity index is 0.00000242. The van der Waals surface area contributed by atoms with Crippen molar-refractivity contribution < 1.29 is 14.3 Å². The summed E-state index contributed by atoms with van der Waals surface area (Å²) in [6, 6.07) is 5.43. The van der Waals surface area contributed by atoms with Crippen LogP contribution < -0.4 is 15.4 Å². The number of amides is 1. The maximum Gasteiger partial charge on any atom is 0.224 e. The molecule has 1 aliphatic rings. The van der Waals surface area contributed by atoms with Gasteiger partial charge in [0, 0.05) is 17.2 Å². The van der Waals surface area contributed by atoms with E-state index in [1.807, 2.05) is 0 Å². The van der Waals surface area contributed by atoms with Gasteiger partial charge in [-0.3, -0.25) is 9.59 Å². The summed E-state index contributed by atoms with van der Waals surface area (Å²) < 4.78 is 5.27. The highest BCUT2D eigenvalue weighted by molar-refractivity contribution is 5.94. The Labute approximate surface area is 137 Å². The molecule has 1 aliphatic heterocycles. The number of Topliss-reactive ketones (excluding diaryl/α,β-unsaturated/α-hetero) is 1. The van der Waals surface area contributed by atoms with E-state index in [0.717, 1.165) is 31.5 Å². The van der Waals surface area contributed by atoms with Crippen molar-refractivity contribution >= 4 is 24.1 Å². The lowest BCUT2D eigenvalue weighted by molar-refractivity contribution is -0.121. The molecular formula is C16H23ClN2O3. The zero-order valence-corrected chi connectivity index (χ0v) is 13.8. The lowest BCUT2D eigenvalue weighted by Gasteiger charge is -2.23. The first kappa shape index (κ1) is 18.5. The van der Waals surface area contributed by atoms with Crippen LogP contribution in [0, 0.1) is 0 Å². The Kier molecular flexibility index (Phi) is 7.35. The fraction of sp³-hybridized carbons (Fsp3) is 0.500. The summed E-state index contributed by atoms with van der Waals surface area (Å²) in [7, 11) is 1.57. The first-order chi connectivity index (χ1) is 10.1. The number of methoxy groups -OCH3 is 1. The summed E-state index contributed by atoms with van der Waals surface area (Å²) in [5.74, 6) is 0.596. The van der Waals surface area contributed by atoms with Gasteiger partial charge in [0.25, 0.3) is 0 Å². The minimum Gasteiger partial charge on any atom is -0.496 e. The summed E-state index contributed by atoms with van der Waals surface area (Å²) >= 11 is 0. The van der Waals surface area contributed by atoms with Gasteiger partial charge in [-0.1, -0.05) is 0 Å². The molecule has 1 saturated heterocycles. The molecule has 5 nitrogen and oxygen atoms in total. The van der Waals surface area contributed by atoms with Gasteiger partial charge in [-0.2, -0.15) is 0 Å². The second kappa shape index (κ2) is 8.76. The largest absolute Gasteiger partial charge is 0.496 e. The highest BCUT2D eigenvalue weighted by Gasteiger charge is 2.17. The molecule has 122 valence electrons. The molecule has 0 unspecified atom stereocenters. The first-order valence-electron chi connectivity index (χ1n) is 7.28. The minimum atomic E-state index is -0.0269. The van der Waals surface area contributed by atoms with Gasteiger partial charge < -0.3 is 15.4 Å². The Bertz CT molecular complexity index is 528. The molecule has 1 heterocycles. The predicted octanol–water partition coefficient (Wildman–Crippen LogP) is 1.73. The van der Waals surface area contributed by atoms with Crippen molar-refractivity contribution in [1.29, 1.82) is 0 Å². The molecule has 1 fully saturated rings. The number of piperidine rings is 1.